The lowest BCUT2D eigenvalue weighted by Crippen LogP contribution is -2.39. The van der Waals surface area contributed by atoms with E-state index in [9.17, 15) is 18.0 Å². The molecule has 0 spiro atoms. The van der Waals surface area contributed by atoms with Gasteiger partial charge in [0.2, 0.25) is 0 Å². The van der Waals surface area contributed by atoms with Gasteiger partial charge >= 0.3 is 6.16 Å². The zero-order valence-corrected chi connectivity index (χ0v) is 22.2. The summed E-state index contributed by atoms with van der Waals surface area (Å²) in [7, 11) is -0.131. The third-order valence-electron chi connectivity index (χ3n) is 4.98. The smallest absolute Gasteiger partial charge is 0.497 e. The zero-order chi connectivity index (χ0) is 27.7. The van der Waals surface area contributed by atoms with E-state index in [0.29, 0.717) is 16.3 Å². The predicted molar refractivity (Wildman–Crippen MR) is 141 cm³/mol. The molecule has 0 aliphatic rings. The summed E-state index contributed by atoms with van der Waals surface area (Å²) in [5, 5.41) is 4.18. The predicted octanol–water partition coefficient (Wildman–Crippen LogP) is 3.85. The molecule has 0 bridgehead atoms. The fourth-order valence-corrected chi connectivity index (χ4v) is 4.74. The molecule has 38 heavy (non-hydrogen) atoms. The minimum absolute atomic E-state index is 0.0454. The summed E-state index contributed by atoms with van der Waals surface area (Å²) in [6.45, 7) is -0.582. The van der Waals surface area contributed by atoms with Crippen LogP contribution in [0.3, 0.4) is 0 Å². The molecule has 13 heteroatoms. The Bertz CT molecular complexity index is 1430. The highest BCUT2D eigenvalue weighted by atomic mass is 35.5. The molecule has 0 saturated heterocycles. The van der Waals surface area contributed by atoms with E-state index in [0.717, 1.165) is 4.31 Å². The Morgan fingerprint density at radius 1 is 0.974 bits per heavy atom. The normalized spacial score (nSPS) is 11.1. The monoisotopic (exact) mass is 561 g/mol. The van der Waals surface area contributed by atoms with Gasteiger partial charge in [0, 0.05) is 5.02 Å². The van der Waals surface area contributed by atoms with Gasteiger partial charge in [0.25, 0.3) is 15.9 Å². The van der Waals surface area contributed by atoms with Crippen LogP contribution in [-0.2, 0) is 19.6 Å². The number of methoxy groups -OCH3 is 3. The van der Waals surface area contributed by atoms with Crippen LogP contribution in [0.4, 0.5) is 10.5 Å². The number of ether oxygens (including phenoxy) is 4. The molecule has 11 nitrogen and oxygen atoms in total. The van der Waals surface area contributed by atoms with Crippen LogP contribution in [0, 0.1) is 0 Å². The summed E-state index contributed by atoms with van der Waals surface area (Å²) in [4.78, 5) is 24.0. The highest BCUT2D eigenvalue weighted by Crippen LogP contribution is 2.28. The quantitative estimate of drug-likeness (QED) is 0.171. The first-order valence-corrected chi connectivity index (χ1v) is 12.7. The highest BCUT2D eigenvalue weighted by molar-refractivity contribution is 7.92. The third-order valence-corrected chi connectivity index (χ3v) is 7.00. The number of benzene rings is 3. The number of carbonyl (C=O) groups excluding carboxylic acids is 2. The van der Waals surface area contributed by atoms with Crippen molar-refractivity contribution in [1.82, 2.24) is 5.43 Å². The first kappa shape index (κ1) is 28.3. The molecule has 0 atom stereocenters. The Kier molecular flexibility index (Phi) is 9.52. The number of anilines is 1. The van der Waals surface area contributed by atoms with Crippen LogP contribution in [0.15, 0.2) is 76.7 Å². The molecule has 0 fully saturated rings. The number of carbonyl (C=O) groups is 2. The van der Waals surface area contributed by atoms with Crippen LogP contribution in [0.2, 0.25) is 5.02 Å². The molecule has 3 aromatic rings. The van der Waals surface area contributed by atoms with Crippen molar-refractivity contribution in [2.24, 2.45) is 5.10 Å². The van der Waals surface area contributed by atoms with Gasteiger partial charge in [0.15, 0.2) is 11.5 Å². The second-order valence-electron chi connectivity index (χ2n) is 7.43. The molecule has 1 N–H and O–H groups in total. The summed E-state index contributed by atoms with van der Waals surface area (Å²) in [6.07, 6.45) is 0.398. The molecule has 0 unspecified atom stereocenters. The molecule has 0 radical (unpaired) electrons. The summed E-state index contributed by atoms with van der Waals surface area (Å²) in [6, 6.07) is 16.4. The Morgan fingerprint density at radius 3 is 2.34 bits per heavy atom. The average Bonchev–Trinajstić information content (AvgIpc) is 2.92. The molecule has 0 aromatic heterocycles. The van der Waals surface area contributed by atoms with Gasteiger partial charge in [0.1, 0.15) is 12.3 Å². The Balaban J connectivity index is 1.79. The zero-order valence-electron chi connectivity index (χ0n) is 20.6. The maximum Gasteiger partial charge on any atom is 0.513 e. The fraction of sp³-hybridized carbons (Fsp3) is 0.160. The van der Waals surface area contributed by atoms with Gasteiger partial charge in [-0.25, -0.2) is 18.6 Å². The molecule has 200 valence electrons. The van der Waals surface area contributed by atoms with E-state index in [-0.39, 0.29) is 22.1 Å². The summed E-state index contributed by atoms with van der Waals surface area (Å²) in [5.41, 5.74) is 3.00. The van der Waals surface area contributed by atoms with E-state index >= 15 is 0 Å². The van der Waals surface area contributed by atoms with E-state index in [1.807, 2.05) is 0 Å². The molecule has 0 aliphatic heterocycles. The molecule has 0 heterocycles. The Labute approximate surface area is 224 Å². The van der Waals surface area contributed by atoms with Crippen molar-refractivity contribution in [2.45, 2.75) is 4.90 Å². The van der Waals surface area contributed by atoms with Gasteiger partial charge in [-0.2, -0.15) is 5.10 Å². The number of halogens is 1. The maximum absolute atomic E-state index is 13.4. The van der Waals surface area contributed by atoms with Gasteiger partial charge in [-0.3, -0.25) is 9.10 Å². The second kappa shape index (κ2) is 12.8. The highest BCUT2D eigenvalue weighted by Gasteiger charge is 2.27. The third kappa shape index (κ3) is 7.14. The molecule has 3 aromatic carbocycles. The van der Waals surface area contributed by atoms with E-state index in [1.165, 1.54) is 76.1 Å². The Morgan fingerprint density at radius 2 is 1.71 bits per heavy atom. The molecular formula is C25H24ClN3O8S. The summed E-state index contributed by atoms with van der Waals surface area (Å²) in [5.74, 6) is 0.118. The standard InChI is InChI=1S/C25H24ClN3O8S/c1-34-20-8-10-21(11-9-20)38(32,33)29(19-6-4-5-18(26)14-19)16-24(30)28-27-15-17-7-12-22(23(13-17)35-2)37-25(31)36-3/h4-15H,16H2,1-3H3,(H,28,30)/b27-15-. The summed E-state index contributed by atoms with van der Waals surface area (Å²) < 4.78 is 47.5. The van der Waals surface area contributed by atoms with Gasteiger partial charge in [-0.05, 0) is 66.2 Å². The van der Waals surface area contributed by atoms with Gasteiger partial charge in [0.05, 0.1) is 38.1 Å². The lowest BCUT2D eigenvalue weighted by Gasteiger charge is -2.24. The van der Waals surface area contributed by atoms with Crippen molar-refractivity contribution in [3.63, 3.8) is 0 Å². The van der Waals surface area contributed by atoms with Crippen molar-refractivity contribution in [2.75, 3.05) is 32.2 Å². The van der Waals surface area contributed by atoms with E-state index in [4.69, 9.17) is 25.8 Å². The minimum Gasteiger partial charge on any atom is -0.497 e. The maximum atomic E-state index is 13.4. The lowest BCUT2D eigenvalue weighted by atomic mass is 10.2. The lowest BCUT2D eigenvalue weighted by molar-refractivity contribution is -0.119. The van der Waals surface area contributed by atoms with Crippen LogP contribution in [-0.4, -0.2) is 54.6 Å². The van der Waals surface area contributed by atoms with Crippen molar-refractivity contribution in [3.8, 4) is 17.2 Å². The number of hydrazone groups is 1. The molecule has 3 rings (SSSR count). The largest absolute Gasteiger partial charge is 0.513 e. The van der Waals surface area contributed by atoms with Crippen molar-refractivity contribution in [1.29, 1.82) is 0 Å². The number of nitrogens with zero attached hydrogens (tertiary/aromatic N) is 2. The van der Waals surface area contributed by atoms with E-state index in [2.05, 4.69) is 15.3 Å². The van der Waals surface area contributed by atoms with Crippen LogP contribution < -0.4 is 23.9 Å². The minimum atomic E-state index is -4.16. The van der Waals surface area contributed by atoms with E-state index < -0.39 is 28.6 Å². The van der Waals surface area contributed by atoms with E-state index in [1.54, 1.807) is 18.2 Å². The van der Waals surface area contributed by atoms with Gasteiger partial charge in [-0.1, -0.05) is 17.7 Å². The van der Waals surface area contributed by atoms with Crippen molar-refractivity contribution in [3.05, 3.63) is 77.3 Å². The average molecular weight is 562 g/mol. The number of rotatable bonds is 10. The van der Waals surface area contributed by atoms with Crippen LogP contribution >= 0.6 is 11.6 Å². The fourth-order valence-electron chi connectivity index (χ4n) is 3.15. The molecule has 0 saturated carbocycles. The number of nitrogens with one attached hydrogen (secondary N) is 1. The topological polar surface area (TPSA) is 133 Å². The summed E-state index contributed by atoms with van der Waals surface area (Å²) >= 11 is 6.08. The number of amides is 1. The van der Waals surface area contributed by atoms with Gasteiger partial charge in [-0.15, -0.1) is 0 Å². The van der Waals surface area contributed by atoms with Gasteiger partial charge < -0.3 is 18.9 Å². The number of hydrogen-bond donors (Lipinski definition) is 1. The molecular weight excluding hydrogens is 538 g/mol. The Hall–Kier alpha value is -4.29. The number of sulfonamides is 1. The van der Waals surface area contributed by atoms with Crippen LogP contribution in [0.1, 0.15) is 5.56 Å². The first-order valence-electron chi connectivity index (χ1n) is 10.9. The molecule has 1 amide bonds. The second-order valence-corrected chi connectivity index (χ2v) is 9.73. The SMILES string of the molecule is COC(=O)Oc1ccc(/C=N\NC(=O)CN(c2cccc(Cl)c2)S(=O)(=O)c2ccc(OC)cc2)cc1OC. The first-order chi connectivity index (χ1) is 18.2. The van der Waals surface area contributed by atoms with Crippen molar-refractivity contribution >= 4 is 45.6 Å². The number of hydrogen-bond acceptors (Lipinski definition) is 9. The van der Waals surface area contributed by atoms with Crippen LogP contribution in [0.25, 0.3) is 0 Å². The van der Waals surface area contributed by atoms with Crippen molar-refractivity contribution < 1.29 is 37.0 Å². The van der Waals surface area contributed by atoms with Crippen LogP contribution in [0.5, 0.6) is 17.2 Å². The molecule has 0 aliphatic carbocycles.